The molecule has 1 fully saturated rings. The Morgan fingerprint density at radius 3 is 2.62 bits per heavy atom. The third-order valence-electron chi connectivity index (χ3n) is 4.67. The summed E-state index contributed by atoms with van der Waals surface area (Å²) in [6.45, 7) is 6.43. The van der Waals surface area contributed by atoms with Crippen molar-refractivity contribution in [2.75, 3.05) is 16.8 Å². The molecule has 0 aromatic heterocycles. The van der Waals surface area contributed by atoms with Crippen molar-refractivity contribution in [2.45, 2.75) is 27.2 Å². The molecule has 0 aliphatic carbocycles. The first-order valence-electron chi connectivity index (χ1n) is 8.20. The molecule has 1 atom stereocenters. The van der Waals surface area contributed by atoms with Gasteiger partial charge in [0.2, 0.25) is 11.8 Å². The van der Waals surface area contributed by atoms with Gasteiger partial charge in [0, 0.05) is 24.3 Å². The maximum absolute atomic E-state index is 12.6. The Hall–Kier alpha value is -2.62. The van der Waals surface area contributed by atoms with Gasteiger partial charge < -0.3 is 10.2 Å². The van der Waals surface area contributed by atoms with Crippen molar-refractivity contribution in [3.63, 3.8) is 0 Å². The van der Waals surface area contributed by atoms with Crippen LogP contribution in [0.4, 0.5) is 11.4 Å². The predicted octanol–water partition coefficient (Wildman–Crippen LogP) is 3.60. The number of anilines is 2. The second kappa shape index (κ2) is 6.48. The average molecular weight is 322 g/mol. The molecule has 0 unspecified atom stereocenters. The molecule has 0 saturated carbocycles. The SMILES string of the molecule is Cc1cccc(N2C[C@H](C(=O)Nc3cccc(C)c3C)CC2=O)c1. The molecule has 1 aliphatic rings. The molecule has 124 valence electrons. The van der Waals surface area contributed by atoms with Crippen LogP contribution >= 0.6 is 0 Å². The Morgan fingerprint density at radius 2 is 1.88 bits per heavy atom. The molecule has 0 spiro atoms. The van der Waals surface area contributed by atoms with Crippen molar-refractivity contribution in [1.29, 1.82) is 0 Å². The van der Waals surface area contributed by atoms with Crippen LogP contribution in [0.15, 0.2) is 42.5 Å². The van der Waals surface area contributed by atoms with E-state index >= 15 is 0 Å². The lowest BCUT2D eigenvalue weighted by Gasteiger charge is -2.17. The zero-order valence-corrected chi connectivity index (χ0v) is 14.3. The Labute approximate surface area is 142 Å². The van der Waals surface area contributed by atoms with E-state index in [4.69, 9.17) is 0 Å². The number of hydrogen-bond acceptors (Lipinski definition) is 2. The number of hydrogen-bond donors (Lipinski definition) is 1. The standard InChI is InChI=1S/C20H22N2O2/c1-13-6-4-8-17(10-13)22-12-16(11-19(22)23)20(24)21-18-9-5-7-14(2)15(18)3/h4-10,16H,11-12H2,1-3H3,(H,21,24)/t16-/m1/s1. The Bertz CT molecular complexity index is 798. The Balaban J connectivity index is 1.73. The number of rotatable bonds is 3. The number of benzene rings is 2. The molecule has 2 amide bonds. The van der Waals surface area contributed by atoms with E-state index in [9.17, 15) is 9.59 Å². The lowest BCUT2D eigenvalue weighted by molar-refractivity contribution is -0.122. The normalized spacial score (nSPS) is 17.2. The van der Waals surface area contributed by atoms with Gasteiger partial charge in [0.25, 0.3) is 0 Å². The van der Waals surface area contributed by atoms with Gasteiger partial charge in [0.05, 0.1) is 5.92 Å². The van der Waals surface area contributed by atoms with Gasteiger partial charge in [0.1, 0.15) is 0 Å². The smallest absolute Gasteiger partial charge is 0.229 e. The number of carbonyl (C=O) groups is 2. The number of amides is 2. The van der Waals surface area contributed by atoms with Crippen LogP contribution in [0.25, 0.3) is 0 Å². The molecule has 0 bridgehead atoms. The predicted molar refractivity (Wildman–Crippen MR) is 96.2 cm³/mol. The molecule has 2 aromatic carbocycles. The topological polar surface area (TPSA) is 49.4 Å². The van der Waals surface area contributed by atoms with Crippen LogP contribution in [-0.2, 0) is 9.59 Å². The van der Waals surface area contributed by atoms with Gasteiger partial charge in [-0.3, -0.25) is 9.59 Å². The Kier molecular flexibility index (Phi) is 4.38. The van der Waals surface area contributed by atoms with Crippen molar-refractivity contribution >= 4 is 23.2 Å². The lowest BCUT2D eigenvalue weighted by atomic mass is 10.1. The van der Waals surface area contributed by atoms with Gasteiger partial charge in [-0.1, -0.05) is 24.3 Å². The minimum absolute atomic E-state index is 0.00159. The van der Waals surface area contributed by atoms with E-state index in [-0.39, 0.29) is 24.2 Å². The molecular weight excluding hydrogens is 300 g/mol. The monoisotopic (exact) mass is 322 g/mol. The number of nitrogens with one attached hydrogen (secondary N) is 1. The van der Waals surface area contributed by atoms with E-state index in [1.54, 1.807) is 4.90 Å². The summed E-state index contributed by atoms with van der Waals surface area (Å²) in [6.07, 6.45) is 0.255. The van der Waals surface area contributed by atoms with E-state index in [2.05, 4.69) is 5.32 Å². The molecule has 1 saturated heterocycles. The summed E-state index contributed by atoms with van der Waals surface area (Å²) in [7, 11) is 0. The molecule has 3 rings (SSSR count). The highest BCUT2D eigenvalue weighted by Gasteiger charge is 2.35. The highest BCUT2D eigenvalue weighted by molar-refractivity contribution is 6.03. The van der Waals surface area contributed by atoms with Crippen LogP contribution in [0.1, 0.15) is 23.1 Å². The third kappa shape index (κ3) is 3.18. The molecule has 2 aromatic rings. The summed E-state index contributed by atoms with van der Waals surface area (Å²) in [5, 5.41) is 2.98. The van der Waals surface area contributed by atoms with Crippen LogP contribution in [-0.4, -0.2) is 18.4 Å². The van der Waals surface area contributed by atoms with Crippen LogP contribution in [0.5, 0.6) is 0 Å². The van der Waals surface area contributed by atoms with Gasteiger partial charge in [-0.2, -0.15) is 0 Å². The fourth-order valence-electron chi connectivity index (χ4n) is 3.05. The maximum Gasteiger partial charge on any atom is 0.229 e. The molecule has 24 heavy (non-hydrogen) atoms. The number of aryl methyl sites for hydroxylation is 2. The summed E-state index contributed by atoms with van der Waals surface area (Å²) >= 11 is 0. The van der Waals surface area contributed by atoms with Crippen molar-refractivity contribution in [1.82, 2.24) is 0 Å². The maximum atomic E-state index is 12.6. The third-order valence-corrected chi connectivity index (χ3v) is 4.67. The van der Waals surface area contributed by atoms with Crippen LogP contribution in [0, 0.1) is 26.7 Å². The van der Waals surface area contributed by atoms with Crippen molar-refractivity contribution in [2.24, 2.45) is 5.92 Å². The lowest BCUT2D eigenvalue weighted by Crippen LogP contribution is -2.28. The summed E-state index contributed by atoms with van der Waals surface area (Å²) in [6, 6.07) is 13.7. The fourth-order valence-corrected chi connectivity index (χ4v) is 3.05. The van der Waals surface area contributed by atoms with Crippen molar-refractivity contribution in [3.8, 4) is 0 Å². The largest absolute Gasteiger partial charge is 0.326 e. The molecular formula is C20H22N2O2. The highest BCUT2D eigenvalue weighted by atomic mass is 16.2. The minimum atomic E-state index is -0.321. The summed E-state index contributed by atoms with van der Waals surface area (Å²) in [5.41, 5.74) is 4.98. The van der Waals surface area contributed by atoms with Crippen molar-refractivity contribution in [3.05, 3.63) is 59.2 Å². The first-order chi connectivity index (χ1) is 11.5. The molecule has 1 heterocycles. The van der Waals surface area contributed by atoms with E-state index in [0.29, 0.717) is 6.54 Å². The first-order valence-corrected chi connectivity index (χ1v) is 8.20. The van der Waals surface area contributed by atoms with Gasteiger partial charge in [-0.15, -0.1) is 0 Å². The second-order valence-corrected chi connectivity index (χ2v) is 6.48. The summed E-state index contributed by atoms with van der Waals surface area (Å²) in [4.78, 5) is 26.6. The van der Waals surface area contributed by atoms with Crippen LogP contribution in [0.2, 0.25) is 0 Å². The molecule has 4 heteroatoms. The molecule has 1 aliphatic heterocycles. The van der Waals surface area contributed by atoms with Crippen LogP contribution in [0.3, 0.4) is 0 Å². The average Bonchev–Trinajstić information content (AvgIpc) is 2.94. The summed E-state index contributed by atoms with van der Waals surface area (Å²) in [5.74, 6) is -0.410. The fraction of sp³-hybridized carbons (Fsp3) is 0.300. The van der Waals surface area contributed by atoms with Gasteiger partial charge >= 0.3 is 0 Å². The van der Waals surface area contributed by atoms with E-state index in [0.717, 1.165) is 28.1 Å². The quantitative estimate of drug-likeness (QED) is 0.938. The minimum Gasteiger partial charge on any atom is -0.326 e. The van der Waals surface area contributed by atoms with Gasteiger partial charge in [0.15, 0.2) is 0 Å². The van der Waals surface area contributed by atoms with Gasteiger partial charge in [-0.25, -0.2) is 0 Å². The molecule has 1 N–H and O–H groups in total. The van der Waals surface area contributed by atoms with E-state index in [1.807, 2.05) is 63.2 Å². The van der Waals surface area contributed by atoms with Crippen molar-refractivity contribution < 1.29 is 9.59 Å². The summed E-state index contributed by atoms with van der Waals surface area (Å²) < 4.78 is 0. The molecule has 0 radical (unpaired) electrons. The second-order valence-electron chi connectivity index (χ2n) is 6.48. The van der Waals surface area contributed by atoms with Gasteiger partial charge in [-0.05, 0) is 55.7 Å². The number of nitrogens with zero attached hydrogens (tertiary/aromatic N) is 1. The molecule has 4 nitrogen and oxygen atoms in total. The van der Waals surface area contributed by atoms with E-state index in [1.165, 1.54) is 0 Å². The zero-order chi connectivity index (χ0) is 17.3. The Morgan fingerprint density at radius 1 is 1.12 bits per heavy atom. The zero-order valence-electron chi connectivity index (χ0n) is 14.3. The first kappa shape index (κ1) is 16.2. The van der Waals surface area contributed by atoms with Crippen LogP contribution < -0.4 is 10.2 Å². The highest BCUT2D eigenvalue weighted by Crippen LogP contribution is 2.27. The number of carbonyl (C=O) groups excluding carboxylic acids is 2. The van der Waals surface area contributed by atoms with E-state index < -0.39 is 0 Å².